The van der Waals surface area contributed by atoms with Gasteiger partial charge in [-0.25, -0.2) is 9.59 Å². The predicted octanol–water partition coefficient (Wildman–Crippen LogP) is 3.04. The molecular formula is C30H39N3O8. The smallest absolute Gasteiger partial charge is 0.355 e. The minimum absolute atomic E-state index is 0.260. The molecule has 0 saturated carbocycles. The summed E-state index contributed by atoms with van der Waals surface area (Å²) in [6, 6.07) is 9.04. The lowest BCUT2D eigenvalue weighted by Gasteiger charge is -2.47. The minimum Gasteiger partial charge on any atom is -0.462 e. The first-order chi connectivity index (χ1) is 19.4. The van der Waals surface area contributed by atoms with Gasteiger partial charge in [-0.15, -0.1) is 0 Å². The minimum atomic E-state index is -1.38. The predicted molar refractivity (Wildman–Crippen MR) is 153 cm³/mol. The molecule has 2 aliphatic heterocycles. The quantitative estimate of drug-likeness (QED) is 0.300. The highest BCUT2D eigenvalue weighted by Gasteiger charge is 2.53. The topological polar surface area (TPSA) is 135 Å². The number of hydrogen-bond acceptors (Lipinski definition) is 10. The number of aromatic nitrogens is 1. The van der Waals surface area contributed by atoms with E-state index in [-0.39, 0.29) is 17.8 Å². The van der Waals surface area contributed by atoms with Crippen LogP contribution in [0.2, 0.25) is 0 Å². The second-order valence-electron chi connectivity index (χ2n) is 11.7. The van der Waals surface area contributed by atoms with Crippen molar-refractivity contribution >= 4 is 22.6 Å². The molecule has 11 nitrogen and oxygen atoms in total. The standard InChI is InChI=1S/C30H39N3O8/c1-15-8-10-20(32-15)28(36)40-26-24(35)29(41-30(5,6)27(26)37-7)38-22-11-9-19-21(12-23(34)39-25(19)18(22)4)33-13-16(2)31-17(3)14-33/h8-12,16-17,24,26-27,29,31-32,35H,13-14H2,1-7H3/t16?,17?,24-,26+,27-,29-/m1/s1. The van der Waals surface area contributed by atoms with Gasteiger partial charge in [0.05, 0.1) is 11.3 Å². The highest BCUT2D eigenvalue weighted by atomic mass is 16.7. The van der Waals surface area contributed by atoms with Crippen LogP contribution in [-0.2, 0) is 14.2 Å². The Morgan fingerprint density at radius 2 is 1.83 bits per heavy atom. The molecule has 2 fully saturated rings. The molecule has 1 aromatic carbocycles. The van der Waals surface area contributed by atoms with Crippen molar-refractivity contribution in [1.82, 2.24) is 10.3 Å². The second kappa shape index (κ2) is 11.1. The molecule has 0 amide bonds. The van der Waals surface area contributed by atoms with Gasteiger partial charge >= 0.3 is 11.6 Å². The molecule has 2 saturated heterocycles. The Morgan fingerprint density at radius 1 is 1.12 bits per heavy atom. The lowest BCUT2D eigenvalue weighted by atomic mass is 9.89. The molecule has 6 atom stereocenters. The number of aromatic amines is 1. The van der Waals surface area contributed by atoms with E-state index in [0.29, 0.717) is 16.9 Å². The molecule has 0 radical (unpaired) electrons. The van der Waals surface area contributed by atoms with Crippen LogP contribution < -0.4 is 20.6 Å². The van der Waals surface area contributed by atoms with Crippen molar-refractivity contribution in [2.45, 2.75) is 83.8 Å². The number of H-pyrrole nitrogens is 1. The summed E-state index contributed by atoms with van der Waals surface area (Å²) in [5.74, 6) is -0.269. The Hall–Kier alpha value is -3.38. The van der Waals surface area contributed by atoms with E-state index in [4.69, 9.17) is 23.4 Å². The van der Waals surface area contributed by atoms with E-state index >= 15 is 0 Å². The number of carbonyl (C=O) groups is 1. The van der Waals surface area contributed by atoms with Crippen LogP contribution in [0.1, 0.15) is 49.4 Å². The summed E-state index contributed by atoms with van der Waals surface area (Å²) >= 11 is 0. The number of anilines is 1. The van der Waals surface area contributed by atoms with Gasteiger partial charge in [-0.2, -0.15) is 0 Å². The third kappa shape index (κ3) is 5.72. The van der Waals surface area contributed by atoms with Crippen molar-refractivity contribution in [2.24, 2.45) is 0 Å². The number of esters is 1. The van der Waals surface area contributed by atoms with Gasteiger partial charge < -0.3 is 43.7 Å². The fourth-order valence-corrected chi connectivity index (χ4v) is 5.98. The number of aliphatic hydroxyl groups excluding tert-OH is 1. The number of methoxy groups -OCH3 is 1. The lowest BCUT2D eigenvalue weighted by Crippen LogP contribution is -2.65. The third-order valence-electron chi connectivity index (χ3n) is 7.80. The summed E-state index contributed by atoms with van der Waals surface area (Å²) in [7, 11) is 1.47. The van der Waals surface area contributed by atoms with Crippen molar-refractivity contribution in [1.29, 1.82) is 0 Å². The van der Waals surface area contributed by atoms with Gasteiger partial charge in [-0.1, -0.05) is 0 Å². The zero-order valence-corrected chi connectivity index (χ0v) is 24.5. The number of piperazine rings is 1. The largest absolute Gasteiger partial charge is 0.462 e. The molecule has 0 bridgehead atoms. The maximum Gasteiger partial charge on any atom is 0.355 e. The average Bonchev–Trinajstić information content (AvgIpc) is 3.34. The number of carbonyl (C=O) groups excluding carboxylic acids is 1. The van der Waals surface area contributed by atoms with Gasteiger partial charge in [0.15, 0.2) is 12.2 Å². The maximum absolute atomic E-state index is 12.9. The molecule has 4 heterocycles. The molecule has 41 heavy (non-hydrogen) atoms. The second-order valence-corrected chi connectivity index (χ2v) is 11.7. The Morgan fingerprint density at radius 3 is 2.46 bits per heavy atom. The molecule has 0 aliphatic carbocycles. The number of nitrogens with zero attached hydrogens (tertiary/aromatic N) is 1. The summed E-state index contributed by atoms with van der Waals surface area (Å²) in [6.45, 7) is 12.9. The molecule has 2 aromatic heterocycles. The average molecular weight is 570 g/mol. The van der Waals surface area contributed by atoms with E-state index in [1.165, 1.54) is 13.2 Å². The number of fused-ring (bicyclic) bond motifs is 1. The number of aliphatic hydroxyl groups is 1. The first-order valence-electron chi connectivity index (χ1n) is 13.9. The van der Waals surface area contributed by atoms with Gasteiger partial charge in [0.25, 0.3) is 0 Å². The number of hydrogen-bond donors (Lipinski definition) is 3. The van der Waals surface area contributed by atoms with Gasteiger partial charge in [0, 0.05) is 55.0 Å². The van der Waals surface area contributed by atoms with Crippen LogP contribution in [0, 0.1) is 13.8 Å². The van der Waals surface area contributed by atoms with Crippen molar-refractivity contribution < 1.29 is 33.3 Å². The summed E-state index contributed by atoms with van der Waals surface area (Å²) in [5.41, 5.74) is 1.39. The number of benzene rings is 1. The fraction of sp³-hybridized carbons (Fsp3) is 0.533. The molecule has 2 unspecified atom stereocenters. The Balaban J connectivity index is 1.45. The van der Waals surface area contributed by atoms with Gasteiger partial charge in [0.1, 0.15) is 23.1 Å². The van der Waals surface area contributed by atoms with Crippen LogP contribution >= 0.6 is 0 Å². The van der Waals surface area contributed by atoms with E-state index in [0.717, 1.165) is 29.9 Å². The van der Waals surface area contributed by atoms with Crippen molar-refractivity contribution in [3.63, 3.8) is 0 Å². The third-order valence-corrected chi connectivity index (χ3v) is 7.80. The molecule has 222 valence electrons. The van der Waals surface area contributed by atoms with E-state index in [1.807, 2.05) is 13.0 Å². The van der Waals surface area contributed by atoms with E-state index in [9.17, 15) is 14.7 Å². The van der Waals surface area contributed by atoms with Crippen LogP contribution in [0.4, 0.5) is 5.69 Å². The van der Waals surface area contributed by atoms with Crippen molar-refractivity contribution in [3.8, 4) is 5.75 Å². The lowest BCUT2D eigenvalue weighted by molar-refractivity contribution is -0.305. The number of aryl methyl sites for hydroxylation is 2. The van der Waals surface area contributed by atoms with E-state index in [1.54, 1.807) is 39.0 Å². The summed E-state index contributed by atoms with van der Waals surface area (Å²) < 4.78 is 29.4. The van der Waals surface area contributed by atoms with E-state index < -0.39 is 41.8 Å². The van der Waals surface area contributed by atoms with Crippen molar-refractivity contribution in [2.75, 3.05) is 25.1 Å². The van der Waals surface area contributed by atoms with Crippen molar-refractivity contribution in [3.05, 3.63) is 57.7 Å². The van der Waals surface area contributed by atoms with Crippen LogP contribution in [0.5, 0.6) is 5.75 Å². The van der Waals surface area contributed by atoms with Crippen LogP contribution in [-0.4, -0.2) is 78.5 Å². The Bertz CT molecular complexity index is 1470. The first kappa shape index (κ1) is 29.1. The maximum atomic E-state index is 12.9. The molecule has 5 rings (SSSR count). The SMILES string of the molecule is CO[C@@H]1[C@@H](OC(=O)c2ccc(C)[nH]2)[C@@H](O)[C@H](Oc2ccc3c(N4CC(C)NC(C)C4)cc(=O)oc3c2C)OC1(C)C. The highest BCUT2D eigenvalue weighted by molar-refractivity contribution is 5.93. The summed E-state index contributed by atoms with van der Waals surface area (Å²) in [5, 5.41) is 15.6. The van der Waals surface area contributed by atoms with Crippen LogP contribution in [0.3, 0.4) is 0 Å². The van der Waals surface area contributed by atoms with E-state index in [2.05, 4.69) is 29.0 Å². The highest BCUT2D eigenvalue weighted by Crippen LogP contribution is 2.38. The van der Waals surface area contributed by atoms with Crippen LogP contribution in [0.25, 0.3) is 11.0 Å². The molecule has 2 aliphatic rings. The molecular weight excluding hydrogens is 530 g/mol. The molecule has 3 aromatic rings. The van der Waals surface area contributed by atoms with Gasteiger partial charge in [-0.05, 0) is 65.8 Å². The van der Waals surface area contributed by atoms with Crippen LogP contribution in [0.15, 0.2) is 39.5 Å². The Kier molecular flexibility index (Phi) is 7.90. The monoisotopic (exact) mass is 569 g/mol. The first-order valence-corrected chi connectivity index (χ1v) is 13.9. The number of nitrogens with one attached hydrogen (secondary N) is 2. The van der Waals surface area contributed by atoms with Gasteiger partial charge in [0.2, 0.25) is 6.29 Å². The molecule has 11 heteroatoms. The van der Waals surface area contributed by atoms with Gasteiger partial charge in [-0.3, -0.25) is 0 Å². The molecule has 3 N–H and O–H groups in total. The normalized spacial score (nSPS) is 28.0. The summed E-state index contributed by atoms with van der Waals surface area (Å²) in [4.78, 5) is 30.7. The number of rotatable bonds is 6. The number of ether oxygens (including phenoxy) is 4. The fourth-order valence-electron chi connectivity index (χ4n) is 5.98. The Labute approximate surface area is 238 Å². The summed E-state index contributed by atoms with van der Waals surface area (Å²) in [6.07, 6.45) is -4.46. The molecule has 0 spiro atoms. The zero-order chi connectivity index (χ0) is 29.6. The zero-order valence-electron chi connectivity index (χ0n) is 24.5.